The van der Waals surface area contributed by atoms with Crippen molar-refractivity contribution in [2.45, 2.75) is 27.7 Å². The zero-order valence-electron chi connectivity index (χ0n) is 13.6. The molecule has 0 radical (unpaired) electrons. The first-order valence-electron chi connectivity index (χ1n) is 7.89. The van der Waals surface area contributed by atoms with E-state index in [1.165, 1.54) is 54.6 Å². The highest BCUT2D eigenvalue weighted by Crippen LogP contribution is 2.34. The van der Waals surface area contributed by atoms with E-state index in [-0.39, 0.29) is 0 Å². The van der Waals surface area contributed by atoms with Gasteiger partial charge in [-0.3, -0.25) is 0 Å². The van der Waals surface area contributed by atoms with E-state index in [1.54, 1.807) is 0 Å². The topological polar surface area (TPSA) is 0 Å². The van der Waals surface area contributed by atoms with Gasteiger partial charge in [-0.1, -0.05) is 48.5 Å². The Morgan fingerprint density at radius 2 is 0.636 bits per heavy atom. The monoisotopic (exact) mass is 284 g/mol. The highest BCUT2D eigenvalue weighted by atomic mass is 14.1. The lowest BCUT2D eigenvalue weighted by Crippen LogP contribution is -1.88. The molecule has 0 amide bonds. The van der Waals surface area contributed by atoms with Gasteiger partial charge in [-0.15, -0.1) is 0 Å². The molecule has 0 spiro atoms. The van der Waals surface area contributed by atoms with Crippen molar-refractivity contribution >= 4 is 32.3 Å². The van der Waals surface area contributed by atoms with Gasteiger partial charge in [-0.2, -0.15) is 0 Å². The third-order valence-corrected chi connectivity index (χ3v) is 5.28. The van der Waals surface area contributed by atoms with Crippen LogP contribution >= 0.6 is 0 Å². The highest BCUT2D eigenvalue weighted by molar-refractivity contribution is 6.18. The molecule has 0 heterocycles. The van der Waals surface area contributed by atoms with Crippen molar-refractivity contribution in [1.29, 1.82) is 0 Å². The van der Waals surface area contributed by atoms with Crippen molar-refractivity contribution in [3.63, 3.8) is 0 Å². The molecule has 0 aliphatic rings. The third kappa shape index (κ3) is 1.70. The fraction of sp³-hybridized carbons (Fsp3) is 0.182. The van der Waals surface area contributed by atoms with E-state index >= 15 is 0 Å². The molecule has 0 aromatic heterocycles. The second-order valence-corrected chi connectivity index (χ2v) is 6.43. The summed E-state index contributed by atoms with van der Waals surface area (Å²) in [5.41, 5.74) is 5.50. The van der Waals surface area contributed by atoms with E-state index in [0.717, 1.165) is 0 Å². The number of aryl methyl sites for hydroxylation is 4. The molecule has 0 aliphatic carbocycles. The molecule has 0 bridgehead atoms. The molecule has 0 heteroatoms. The SMILES string of the molecule is Cc1ccc2c(ccc3c4ccc(C)c(C)c4ccc23)c1C. The van der Waals surface area contributed by atoms with Crippen LogP contribution in [0, 0.1) is 27.7 Å². The summed E-state index contributed by atoms with van der Waals surface area (Å²) in [5, 5.41) is 8.18. The lowest BCUT2D eigenvalue weighted by atomic mass is 9.92. The van der Waals surface area contributed by atoms with Gasteiger partial charge in [0.1, 0.15) is 0 Å². The van der Waals surface area contributed by atoms with Crippen LogP contribution in [0.4, 0.5) is 0 Å². The minimum absolute atomic E-state index is 1.36. The van der Waals surface area contributed by atoms with Gasteiger partial charge in [0.2, 0.25) is 0 Å². The summed E-state index contributed by atoms with van der Waals surface area (Å²) >= 11 is 0. The average molecular weight is 284 g/mol. The molecule has 4 rings (SSSR count). The Balaban J connectivity index is 2.23. The molecule has 0 saturated heterocycles. The van der Waals surface area contributed by atoms with Gasteiger partial charge >= 0.3 is 0 Å². The summed E-state index contributed by atoms with van der Waals surface area (Å²) in [6.07, 6.45) is 0. The van der Waals surface area contributed by atoms with Crippen molar-refractivity contribution in [2.75, 3.05) is 0 Å². The molecule has 0 saturated carbocycles. The van der Waals surface area contributed by atoms with Gasteiger partial charge in [0.25, 0.3) is 0 Å². The first kappa shape index (κ1) is 13.3. The van der Waals surface area contributed by atoms with Gasteiger partial charge < -0.3 is 0 Å². The van der Waals surface area contributed by atoms with Crippen LogP contribution in [0.1, 0.15) is 22.3 Å². The molecular formula is C22H20. The Morgan fingerprint density at radius 1 is 0.364 bits per heavy atom. The molecule has 0 fully saturated rings. The van der Waals surface area contributed by atoms with Gasteiger partial charge in [0.15, 0.2) is 0 Å². The normalized spacial score (nSPS) is 11.6. The predicted molar refractivity (Wildman–Crippen MR) is 97.9 cm³/mol. The van der Waals surface area contributed by atoms with Crippen molar-refractivity contribution < 1.29 is 0 Å². The molecule has 22 heavy (non-hydrogen) atoms. The number of benzene rings is 4. The van der Waals surface area contributed by atoms with Gasteiger partial charge in [-0.05, 0) is 82.3 Å². The molecule has 0 N–H and O–H groups in total. The molecule has 108 valence electrons. The Bertz CT molecular complexity index is 965. The molecular weight excluding hydrogens is 264 g/mol. The summed E-state index contributed by atoms with van der Waals surface area (Å²) in [7, 11) is 0. The molecule has 0 unspecified atom stereocenters. The van der Waals surface area contributed by atoms with Crippen LogP contribution in [0.5, 0.6) is 0 Å². The van der Waals surface area contributed by atoms with E-state index in [9.17, 15) is 0 Å². The Morgan fingerprint density at radius 3 is 1.05 bits per heavy atom. The van der Waals surface area contributed by atoms with Gasteiger partial charge in [-0.25, -0.2) is 0 Å². The zero-order chi connectivity index (χ0) is 15.4. The fourth-order valence-corrected chi connectivity index (χ4v) is 3.56. The summed E-state index contributed by atoms with van der Waals surface area (Å²) in [6, 6.07) is 18.2. The van der Waals surface area contributed by atoms with E-state index in [4.69, 9.17) is 0 Å². The highest BCUT2D eigenvalue weighted by Gasteiger charge is 2.08. The summed E-state index contributed by atoms with van der Waals surface area (Å²) < 4.78 is 0. The molecule has 0 aliphatic heterocycles. The molecule has 4 aromatic carbocycles. The lowest BCUT2D eigenvalue weighted by Gasteiger charge is -2.12. The minimum Gasteiger partial charge on any atom is -0.0584 e. The van der Waals surface area contributed by atoms with Crippen molar-refractivity contribution in [3.8, 4) is 0 Å². The van der Waals surface area contributed by atoms with Crippen molar-refractivity contribution in [2.24, 2.45) is 0 Å². The minimum atomic E-state index is 1.36. The quantitative estimate of drug-likeness (QED) is 0.329. The van der Waals surface area contributed by atoms with Crippen LogP contribution in [-0.4, -0.2) is 0 Å². The number of rotatable bonds is 0. The van der Waals surface area contributed by atoms with Crippen molar-refractivity contribution in [3.05, 3.63) is 70.8 Å². The van der Waals surface area contributed by atoms with Crippen molar-refractivity contribution in [1.82, 2.24) is 0 Å². The largest absolute Gasteiger partial charge is 0.0584 e. The maximum atomic E-state index is 2.29. The maximum Gasteiger partial charge on any atom is -0.00989 e. The second kappa shape index (κ2) is 4.58. The van der Waals surface area contributed by atoms with Crippen LogP contribution in [-0.2, 0) is 0 Å². The molecule has 0 atom stereocenters. The first-order chi connectivity index (χ1) is 10.6. The predicted octanol–water partition coefficient (Wildman–Crippen LogP) is 6.38. The van der Waals surface area contributed by atoms with Gasteiger partial charge in [0.05, 0.1) is 0 Å². The van der Waals surface area contributed by atoms with E-state index in [2.05, 4.69) is 76.2 Å². The van der Waals surface area contributed by atoms with Gasteiger partial charge in [0, 0.05) is 0 Å². The van der Waals surface area contributed by atoms with E-state index in [0.29, 0.717) is 0 Å². The number of hydrogen-bond acceptors (Lipinski definition) is 0. The Hall–Kier alpha value is -2.34. The van der Waals surface area contributed by atoms with E-state index in [1.807, 2.05) is 0 Å². The van der Waals surface area contributed by atoms with Crippen LogP contribution in [0.3, 0.4) is 0 Å². The van der Waals surface area contributed by atoms with Crippen LogP contribution in [0.15, 0.2) is 48.5 Å². The summed E-state index contributed by atoms with van der Waals surface area (Å²) in [4.78, 5) is 0. The third-order valence-electron chi connectivity index (χ3n) is 5.28. The average Bonchev–Trinajstić information content (AvgIpc) is 2.53. The lowest BCUT2D eigenvalue weighted by molar-refractivity contribution is 1.38. The number of hydrogen-bond donors (Lipinski definition) is 0. The summed E-state index contributed by atoms with van der Waals surface area (Å²) in [5.74, 6) is 0. The zero-order valence-corrected chi connectivity index (χ0v) is 13.6. The Kier molecular flexibility index (Phi) is 2.77. The maximum absolute atomic E-state index is 2.29. The smallest absolute Gasteiger partial charge is 0.00989 e. The standard InChI is InChI=1S/C22H20/c1-13-5-7-19-17(15(13)3)9-11-22-20-8-6-14(2)16(4)18(20)10-12-21(19)22/h5-12H,1-4H3. The van der Waals surface area contributed by atoms with E-state index < -0.39 is 0 Å². The molecule has 4 aromatic rings. The van der Waals surface area contributed by atoms with Crippen LogP contribution in [0.2, 0.25) is 0 Å². The van der Waals surface area contributed by atoms with Crippen LogP contribution < -0.4 is 0 Å². The summed E-state index contributed by atoms with van der Waals surface area (Å²) in [6.45, 7) is 8.81. The first-order valence-corrected chi connectivity index (χ1v) is 7.89. The second-order valence-electron chi connectivity index (χ2n) is 6.43. The Labute approximate surface area is 131 Å². The van der Waals surface area contributed by atoms with Crippen LogP contribution in [0.25, 0.3) is 32.3 Å². The fourth-order valence-electron chi connectivity index (χ4n) is 3.56. The number of fused-ring (bicyclic) bond motifs is 5. The molecule has 0 nitrogen and oxygen atoms in total.